The van der Waals surface area contributed by atoms with Gasteiger partial charge < -0.3 is 28.5 Å². The maximum Gasteiger partial charge on any atom is 0.361 e. The van der Waals surface area contributed by atoms with E-state index in [1.165, 1.54) is 109 Å². The summed E-state index contributed by atoms with van der Waals surface area (Å²) in [4.78, 5) is 37.0. The Labute approximate surface area is 325 Å². The standard InChI is InChI=1S/C44H83NO8/c1-6-8-10-12-14-16-18-20-21-22-23-25-26-28-30-32-34-41(46)51-38-40(39-52-44(43(48)49)50-37-36-45(3,4)5)53-42(47)35-33-31-29-27-24-19-17-15-13-11-9-7-2/h15,17,40,44H,6-14,16,18-39H2,1-5H3/p+1/b17-15-. The lowest BCUT2D eigenvalue weighted by Crippen LogP contribution is -2.40. The second kappa shape index (κ2) is 37.0. The number of aliphatic carboxylic acids is 1. The first-order valence-electron chi connectivity index (χ1n) is 21.9. The van der Waals surface area contributed by atoms with Crippen molar-refractivity contribution < 1.29 is 42.9 Å². The highest BCUT2D eigenvalue weighted by atomic mass is 16.7. The van der Waals surface area contributed by atoms with E-state index in [0.29, 0.717) is 23.9 Å². The lowest BCUT2D eigenvalue weighted by atomic mass is 10.0. The molecule has 0 saturated carbocycles. The summed E-state index contributed by atoms with van der Waals surface area (Å²) < 4.78 is 22.7. The van der Waals surface area contributed by atoms with Gasteiger partial charge in [0.2, 0.25) is 0 Å². The zero-order valence-corrected chi connectivity index (χ0v) is 35.2. The number of ether oxygens (including phenoxy) is 4. The number of hydrogen-bond donors (Lipinski definition) is 1. The van der Waals surface area contributed by atoms with Crippen LogP contribution >= 0.6 is 0 Å². The molecule has 0 aliphatic heterocycles. The first-order valence-corrected chi connectivity index (χ1v) is 21.9. The highest BCUT2D eigenvalue weighted by Gasteiger charge is 2.25. The summed E-state index contributed by atoms with van der Waals surface area (Å²) in [5.74, 6) is -2.01. The van der Waals surface area contributed by atoms with Gasteiger partial charge in [-0.3, -0.25) is 9.59 Å². The molecule has 0 aromatic rings. The van der Waals surface area contributed by atoms with Crippen molar-refractivity contribution in [1.82, 2.24) is 0 Å². The molecule has 0 fully saturated rings. The molecule has 9 nitrogen and oxygen atoms in total. The van der Waals surface area contributed by atoms with Gasteiger partial charge >= 0.3 is 17.9 Å². The Morgan fingerprint density at radius 1 is 0.547 bits per heavy atom. The van der Waals surface area contributed by atoms with Gasteiger partial charge in [-0.2, -0.15) is 0 Å². The van der Waals surface area contributed by atoms with E-state index in [1.807, 2.05) is 21.1 Å². The Bertz CT molecular complexity index is 887. The normalized spacial score (nSPS) is 13.0. The molecule has 0 aliphatic carbocycles. The van der Waals surface area contributed by atoms with Crippen LogP contribution in [0.15, 0.2) is 12.2 Å². The van der Waals surface area contributed by atoms with E-state index in [-0.39, 0.29) is 32.2 Å². The van der Waals surface area contributed by atoms with Crippen LogP contribution in [-0.2, 0) is 33.3 Å². The molecular weight excluding hydrogens is 670 g/mol. The van der Waals surface area contributed by atoms with Crippen LogP contribution < -0.4 is 0 Å². The first-order chi connectivity index (χ1) is 25.6. The van der Waals surface area contributed by atoms with E-state index in [9.17, 15) is 19.5 Å². The SMILES string of the molecule is CCCCC/C=C\CCCCCCCC(=O)OC(COC(=O)CCCCCCCCCCCCCCCCCC)COC(OCC[N+](C)(C)C)C(=O)O. The van der Waals surface area contributed by atoms with Crippen LogP contribution in [0, 0.1) is 0 Å². The predicted molar refractivity (Wildman–Crippen MR) is 217 cm³/mol. The molecule has 1 N–H and O–H groups in total. The lowest BCUT2D eigenvalue weighted by Gasteiger charge is -2.25. The number of carboxylic acid groups (broad SMARTS) is 1. The van der Waals surface area contributed by atoms with Crippen LogP contribution in [0.25, 0.3) is 0 Å². The number of nitrogens with zero attached hydrogens (tertiary/aromatic N) is 1. The van der Waals surface area contributed by atoms with Crippen molar-refractivity contribution in [2.45, 2.75) is 206 Å². The lowest BCUT2D eigenvalue weighted by molar-refractivity contribution is -0.870. The summed E-state index contributed by atoms with van der Waals surface area (Å²) in [6, 6.07) is 0. The van der Waals surface area contributed by atoms with Crippen LogP contribution in [-0.4, -0.2) is 87.4 Å². The van der Waals surface area contributed by atoms with Crippen molar-refractivity contribution in [3.8, 4) is 0 Å². The summed E-state index contributed by atoms with van der Waals surface area (Å²) in [6.07, 6.45) is 34.1. The molecule has 0 aliphatic rings. The third-order valence-corrected chi connectivity index (χ3v) is 9.52. The molecule has 312 valence electrons. The Morgan fingerprint density at radius 2 is 0.962 bits per heavy atom. The van der Waals surface area contributed by atoms with Crippen molar-refractivity contribution in [3.63, 3.8) is 0 Å². The van der Waals surface area contributed by atoms with Crippen LogP contribution in [0.2, 0.25) is 0 Å². The Balaban J connectivity index is 4.42. The summed E-state index contributed by atoms with van der Waals surface area (Å²) in [5.41, 5.74) is 0. The zero-order chi connectivity index (χ0) is 39.3. The number of likely N-dealkylation sites (N-methyl/N-ethyl adjacent to an activating group) is 1. The van der Waals surface area contributed by atoms with Crippen LogP contribution in [0.3, 0.4) is 0 Å². The van der Waals surface area contributed by atoms with Crippen LogP contribution in [0.5, 0.6) is 0 Å². The van der Waals surface area contributed by atoms with E-state index < -0.39 is 24.3 Å². The Kier molecular flexibility index (Phi) is 35.6. The van der Waals surface area contributed by atoms with Crippen molar-refractivity contribution in [2.75, 3.05) is 47.5 Å². The maximum atomic E-state index is 12.7. The monoisotopic (exact) mass is 755 g/mol. The van der Waals surface area contributed by atoms with Crippen molar-refractivity contribution in [3.05, 3.63) is 12.2 Å². The largest absolute Gasteiger partial charge is 0.477 e. The first kappa shape index (κ1) is 51.0. The van der Waals surface area contributed by atoms with Gasteiger partial charge in [0.15, 0.2) is 6.10 Å². The fraction of sp³-hybridized carbons (Fsp3) is 0.886. The molecule has 0 aromatic heterocycles. The molecule has 0 aromatic carbocycles. The highest BCUT2D eigenvalue weighted by Crippen LogP contribution is 2.15. The second-order valence-electron chi connectivity index (χ2n) is 16.0. The van der Waals surface area contributed by atoms with E-state index in [2.05, 4.69) is 26.0 Å². The molecule has 0 rings (SSSR count). The van der Waals surface area contributed by atoms with Gasteiger partial charge in [-0.1, -0.05) is 154 Å². The summed E-state index contributed by atoms with van der Waals surface area (Å²) in [7, 11) is 5.95. The molecule has 0 radical (unpaired) electrons. The molecule has 0 saturated heterocycles. The van der Waals surface area contributed by atoms with Crippen LogP contribution in [0.1, 0.15) is 194 Å². The molecule has 2 unspecified atom stereocenters. The van der Waals surface area contributed by atoms with Crippen LogP contribution in [0.4, 0.5) is 0 Å². The molecule has 53 heavy (non-hydrogen) atoms. The number of carbonyl (C=O) groups excluding carboxylic acids is 2. The highest BCUT2D eigenvalue weighted by molar-refractivity contribution is 5.71. The summed E-state index contributed by atoms with van der Waals surface area (Å²) in [6.45, 7) is 4.85. The van der Waals surface area contributed by atoms with E-state index in [4.69, 9.17) is 18.9 Å². The third-order valence-electron chi connectivity index (χ3n) is 9.52. The number of allylic oxidation sites excluding steroid dienone is 2. The maximum absolute atomic E-state index is 12.7. The molecule has 0 spiro atoms. The van der Waals surface area contributed by atoms with Gasteiger partial charge in [-0.15, -0.1) is 0 Å². The fourth-order valence-electron chi connectivity index (χ4n) is 6.07. The third kappa shape index (κ3) is 38.1. The molecule has 0 amide bonds. The zero-order valence-electron chi connectivity index (χ0n) is 35.2. The molecule has 0 heterocycles. The molecular formula is C44H84NO8+. The number of quaternary nitrogens is 1. The fourth-order valence-corrected chi connectivity index (χ4v) is 6.07. The summed E-state index contributed by atoms with van der Waals surface area (Å²) >= 11 is 0. The predicted octanol–water partition coefficient (Wildman–Crippen LogP) is 11.1. The van der Waals surface area contributed by atoms with E-state index >= 15 is 0 Å². The average Bonchev–Trinajstić information content (AvgIpc) is 3.11. The van der Waals surface area contributed by atoms with Crippen molar-refractivity contribution in [2.24, 2.45) is 0 Å². The molecule has 0 bridgehead atoms. The summed E-state index contributed by atoms with van der Waals surface area (Å²) in [5, 5.41) is 9.61. The van der Waals surface area contributed by atoms with E-state index in [0.717, 1.165) is 51.4 Å². The smallest absolute Gasteiger partial charge is 0.361 e. The number of carbonyl (C=O) groups is 3. The molecule has 9 heteroatoms. The number of esters is 2. The quantitative estimate of drug-likeness (QED) is 0.0217. The number of hydrogen-bond acceptors (Lipinski definition) is 7. The average molecular weight is 755 g/mol. The Morgan fingerprint density at radius 3 is 1.43 bits per heavy atom. The minimum atomic E-state index is -1.50. The van der Waals surface area contributed by atoms with Gasteiger partial charge in [-0.05, 0) is 38.5 Å². The number of carboxylic acids is 1. The van der Waals surface area contributed by atoms with Gasteiger partial charge in [0.25, 0.3) is 6.29 Å². The van der Waals surface area contributed by atoms with Crippen molar-refractivity contribution >= 4 is 17.9 Å². The minimum Gasteiger partial charge on any atom is -0.477 e. The van der Waals surface area contributed by atoms with Gasteiger partial charge in [0.1, 0.15) is 13.2 Å². The van der Waals surface area contributed by atoms with E-state index in [1.54, 1.807) is 0 Å². The molecule has 2 atom stereocenters. The second-order valence-corrected chi connectivity index (χ2v) is 16.0. The van der Waals surface area contributed by atoms with Gasteiger partial charge in [-0.25, -0.2) is 4.79 Å². The topological polar surface area (TPSA) is 108 Å². The van der Waals surface area contributed by atoms with Gasteiger partial charge in [0.05, 0.1) is 34.4 Å². The number of rotatable bonds is 40. The minimum absolute atomic E-state index is 0.180. The Hall–Kier alpha value is -1.97. The van der Waals surface area contributed by atoms with Gasteiger partial charge in [0, 0.05) is 12.8 Å². The van der Waals surface area contributed by atoms with Crippen molar-refractivity contribution in [1.29, 1.82) is 0 Å². The number of unbranched alkanes of at least 4 members (excludes halogenated alkanes) is 23.